The number of ether oxygens (including phenoxy) is 1. The van der Waals surface area contributed by atoms with Crippen molar-refractivity contribution in [2.45, 2.75) is 13.5 Å². The van der Waals surface area contributed by atoms with Gasteiger partial charge in [0.05, 0.1) is 20.3 Å². The van der Waals surface area contributed by atoms with Gasteiger partial charge in [-0.3, -0.25) is 4.40 Å². The van der Waals surface area contributed by atoms with E-state index < -0.39 is 0 Å². The molecule has 0 aromatic carbocycles. The van der Waals surface area contributed by atoms with E-state index >= 15 is 0 Å². The van der Waals surface area contributed by atoms with Crippen LogP contribution in [0.25, 0.3) is 4.96 Å². The molecule has 0 unspecified atom stereocenters. The first kappa shape index (κ1) is 10.4. The summed E-state index contributed by atoms with van der Waals surface area (Å²) in [4.78, 5) is 10.4. The third-order valence-electron chi connectivity index (χ3n) is 2.00. The van der Waals surface area contributed by atoms with E-state index in [9.17, 15) is 0 Å². The van der Waals surface area contributed by atoms with Gasteiger partial charge in [-0.15, -0.1) is 11.3 Å². The number of fused-ring (bicyclic) bond motifs is 1. The lowest BCUT2D eigenvalue weighted by molar-refractivity contribution is 0.0450. The topological polar surface area (TPSA) is 47.8 Å². The highest BCUT2D eigenvalue weighted by molar-refractivity contribution is 7.15. The van der Waals surface area contributed by atoms with Crippen LogP contribution in [0.1, 0.15) is 12.6 Å². The van der Waals surface area contributed by atoms with Crippen molar-refractivity contribution in [3.8, 4) is 5.88 Å². The minimum Gasteiger partial charge on any atom is -0.480 e. The van der Waals surface area contributed by atoms with Crippen molar-refractivity contribution in [3.05, 3.63) is 17.3 Å². The van der Waals surface area contributed by atoms with Crippen LogP contribution in [0.5, 0.6) is 5.88 Å². The van der Waals surface area contributed by atoms with E-state index in [-0.39, 0.29) is 0 Å². The molecule has 0 bridgehead atoms. The van der Waals surface area contributed by atoms with Gasteiger partial charge in [-0.1, -0.05) is 0 Å². The molecule has 2 aromatic rings. The van der Waals surface area contributed by atoms with Crippen LogP contribution < -0.4 is 10.2 Å². The van der Waals surface area contributed by atoms with Crippen LogP contribution in [0.4, 0.5) is 0 Å². The molecule has 0 aliphatic rings. The summed E-state index contributed by atoms with van der Waals surface area (Å²) in [5, 5.41) is 1.99. The Hall–Kier alpha value is -1.11. The summed E-state index contributed by atoms with van der Waals surface area (Å²) in [7, 11) is 1.62. The molecule has 0 spiro atoms. The summed E-state index contributed by atoms with van der Waals surface area (Å²) in [6.45, 7) is 3.14. The van der Waals surface area contributed by atoms with E-state index in [1.54, 1.807) is 18.4 Å². The number of aromatic nitrogens is 2. The summed E-state index contributed by atoms with van der Waals surface area (Å²) >= 11 is 1.58. The van der Waals surface area contributed by atoms with Gasteiger partial charge in [0, 0.05) is 11.6 Å². The highest BCUT2D eigenvalue weighted by Gasteiger charge is 2.12. The Morgan fingerprint density at radius 2 is 2.47 bits per heavy atom. The van der Waals surface area contributed by atoms with Crippen molar-refractivity contribution < 1.29 is 9.57 Å². The molecule has 0 amide bonds. The number of nitrogens with one attached hydrogen (secondary N) is 1. The van der Waals surface area contributed by atoms with Crippen molar-refractivity contribution in [3.63, 3.8) is 0 Å². The number of nitrogens with zero attached hydrogens (tertiary/aromatic N) is 2. The van der Waals surface area contributed by atoms with Gasteiger partial charge in [0.1, 0.15) is 5.69 Å². The van der Waals surface area contributed by atoms with E-state index in [2.05, 4.69) is 10.5 Å². The van der Waals surface area contributed by atoms with E-state index in [0.29, 0.717) is 19.0 Å². The van der Waals surface area contributed by atoms with Gasteiger partial charge in [0.2, 0.25) is 5.88 Å². The third-order valence-corrected chi connectivity index (χ3v) is 2.76. The van der Waals surface area contributed by atoms with Crippen molar-refractivity contribution in [1.82, 2.24) is 14.9 Å². The van der Waals surface area contributed by atoms with E-state index in [4.69, 9.17) is 9.57 Å². The fraction of sp³-hybridized carbons (Fsp3) is 0.444. The SMILES string of the molecule is CCONCc1c(OC)nc2sccn12. The van der Waals surface area contributed by atoms with Gasteiger partial charge in [0.25, 0.3) is 0 Å². The van der Waals surface area contributed by atoms with Crippen LogP contribution in [0.2, 0.25) is 0 Å². The van der Waals surface area contributed by atoms with E-state index in [1.165, 1.54) is 0 Å². The quantitative estimate of drug-likeness (QED) is 0.620. The Morgan fingerprint density at radius 3 is 3.20 bits per heavy atom. The van der Waals surface area contributed by atoms with Crippen LogP contribution in [-0.4, -0.2) is 23.1 Å². The fourth-order valence-electron chi connectivity index (χ4n) is 1.36. The zero-order valence-corrected chi connectivity index (χ0v) is 9.50. The van der Waals surface area contributed by atoms with Crippen LogP contribution >= 0.6 is 11.3 Å². The van der Waals surface area contributed by atoms with Crippen LogP contribution in [0, 0.1) is 0 Å². The molecule has 2 rings (SSSR count). The molecular weight excluding hydrogens is 214 g/mol. The van der Waals surface area contributed by atoms with E-state index in [0.717, 1.165) is 10.7 Å². The Balaban J connectivity index is 2.24. The van der Waals surface area contributed by atoms with Gasteiger partial charge < -0.3 is 9.57 Å². The average Bonchev–Trinajstić information content (AvgIpc) is 2.79. The first-order chi connectivity index (χ1) is 7.36. The minimum atomic E-state index is 0.578. The average molecular weight is 227 g/mol. The number of hydrogen-bond donors (Lipinski definition) is 1. The molecule has 15 heavy (non-hydrogen) atoms. The lowest BCUT2D eigenvalue weighted by atomic mass is 10.4. The van der Waals surface area contributed by atoms with Crippen LogP contribution in [0.3, 0.4) is 0 Å². The summed E-state index contributed by atoms with van der Waals surface area (Å²) < 4.78 is 7.19. The first-order valence-electron chi connectivity index (χ1n) is 4.70. The molecule has 0 saturated heterocycles. The lowest BCUT2D eigenvalue weighted by Gasteiger charge is -2.04. The molecule has 0 aliphatic carbocycles. The Morgan fingerprint density at radius 1 is 1.60 bits per heavy atom. The van der Waals surface area contributed by atoms with Crippen molar-refractivity contribution >= 4 is 16.3 Å². The van der Waals surface area contributed by atoms with Crippen molar-refractivity contribution in [2.75, 3.05) is 13.7 Å². The third kappa shape index (κ3) is 1.97. The maximum Gasteiger partial charge on any atom is 0.237 e. The second-order valence-electron chi connectivity index (χ2n) is 2.88. The largest absolute Gasteiger partial charge is 0.480 e. The molecule has 0 fully saturated rings. The molecule has 5 nitrogen and oxygen atoms in total. The van der Waals surface area contributed by atoms with E-state index in [1.807, 2.05) is 22.9 Å². The summed E-state index contributed by atoms with van der Waals surface area (Å²) in [5.41, 5.74) is 3.83. The fourth-order valence-corrected chi connectivity index (χ4v) is 2.08. The van der Waals surface area contributed by atoms with Gasteiger partial charge in [0.15, 0.2) is 4.96 Å². The van der Waals surface area contributed by atoms with Crippen molar-refractivity contribution in [1.29, 1.82) is 0 Å². The summed E-state index contributed by atoms with van der Waals surface area (Å²) in [5.74, 6) is 0.647. The maximum absolute atomic E-state index is 5.20. The van der Waals surface area contributed by atoms with Gasteiger partial charge >= 0.3 is 0 Å². The second kappa shape index (κ2) is 4.61. The number of hydrogen-bond acceptors (Lipinski definition) is 5. The molecule has 0 radical (unpaired) electrons. The number of hydroxylamine groups is 1. The summed E-state index contributed by atoms with van der Waals surface area (Å²) in [6, 6.07) is 0. The number of thiazole rings is 1. The number of rotatable bonds is 5. The maximum atomic E-state index is 5.20. The van der Waals surface area contributed by atoms with Gasteiger partial charge in [-0.2, -0.15) is 10.5 Å². The predicted octanol–water partition coefficient (Wildman–Crippen LogP) is 1.45. The Kier molecular flexibility index (Phi) is 3.20. The standard InChI is InChI=1S/C9H13N3O2S/c1-3-14-10-6-7-8(13-2)11-9-12(7)4-5-15-9/h4-5,10H,3,6H2,1-2H3. The first-order valence-corrected chi connectivity index (χ1v) is 5.57. The molecule has 1 N–H and O–H groups in total. The molecule has 0 aliphatic heterocycles. The van der Waals surface area contributed by atoms with Crippen molar-refractivity contribution in [2.24, 2.45) is 0 Å². The lowest BCUT2D eigenvalue weighted by Crippen LogP contribution is -2.15. The second-order valence-corrected chi connectivity index (χ2v) is 3.75. The normalized spacial score (nSPS) is 11.1. The highest BCUT2D eigenvalue weighted by Crippen LogP contribution is 2.22. The van der Waals surface area contributed by atoms with Crippen LogP contribution in [0.15, 0.2) is 11.6 Å². The molecule has 0 atom stereocenters. The number of imidazole rings is 1. The molecule has 2 aromatic heterocycles. The molecule has 6 heteroatoms. The molecule has 82 valence electrons. The van der Waals surface area contributed by atoms with Gasteiger partial charge in [-0.05, 0) is 6.92 Å². The Labute approximate surface area is 91.6 Å². The monoisotopic (exact) mass is 227 g/mol. The smallest absolute Gasteiger partial charge is 0.237 e. The van der Waals surface area contributed by atoms with Gasteiger partial charge in [-0.25, -0.2) is 0 Å². The predicted molar refractivity (Wildman–Crippen MR) is 58.1 cm³/mol. The number of methoxy groups -OCH3 is 1. The zero-order valence-electron chi connectivity index (χ0n) is 8.69. The van der Waals surface area contributed by atoms with Crippen LogP contribution in [-0.2, 0) is 11.4 Å². The molecular formula is C9H13N3O2S. The molecule has 2 heterocycles. The summed E-state index contributed by atoms with van der Waals surface area (Å²) in [6.07, 6.45) is 1.97. The highest BCUT2D eigenvalue weighted by atomic mass is 32.1. The zero-order chi connectivity index (χ0) is 10.7. The molecule has 0 saturated carbocycles. The Bertz CT molecular complexity index is 437. The minimum absolute atomic E-state index is 0.578.